The first kappa shape index (κ1) is 12.0. The second-order valence-electron chi connectivity index (χ2n) is 4.34. The Balaban J connectivity index is 2.37. The Morgan fingerprint density at radius 2 is 2.00 bits per heavy atom. The highest BCUT2D eigenvalue weighted by Crippen LogP contribution is 2.25. The van der Waals surface area contributed by atoms with E-state index in [0.717, 1.165) is 25.1 Å². The van der Waals surface area contributed by atoms with Gasteiger partial charge in [-0.15, -0.1) is 0 Å². The largest absolute Gasteiger partial charge is 0.385 e. The maximum absolute atomic E-state index is 5.18. The molecule has 1 N–H and O–H groups in total. The Hall–Kier alpha value is -0.0800. The summed E-state index contributed by atoms with van der Waals surface area (Å²) in [5, 5.41) is 3.63. The van der Waals surface area contributed by atoms with Crippen molar-refractivity contribution in [2.24, 2.45) is 5.92 Å². The van der Waals surface area contributed by atoms with Crippen molar-refractivity contribution < 1.29 is 4.74 Å². The van der Waals surface area contributed by atoms with Crippen LogP contribution < -0.4 is 5.32 Å². The fourth-order valence-corrected chi connectivity index (χ4v) is 2.53. The van der Waals surface area contributed by atoms with Gasteiger partial charge in [0.15, 0.2) is 0 Å². The molecule has 0 aromatic carbocycles. The monoisotopic (exact) mass is 199 g/mol. The molecule has 1 aliphatic rings. The molecule has 2 heteroatoms. The Bertz CT molecular complexity index is 138. The molecule has 0 bridgehead atoms. The van der Waals surface area contributed by atoms with Crippen molar-refractivity contribution in [2.75, 3.05) is 20.3 Å². The third-order valence-corrected chi connectivity index (χ3v) is 3.32. The van der Waals surface area contributed by atoms with Crippen molar-refractivity contribution in [3.63, 3.8) is 0 Å². The maximum Gasteiger partial charge on any atom is 0.0465 e. The fraction of sp³-hybridized carbons (Fsp3) is 1.00. The Labute approximate surface area is 88.4 Å². The van der Waals surface area contributed by atoms with Gasteiger partial charge in [-0.3, -0.25) is 0 Å². The van der Waals surface area contributed by atoms with Crippen LogP contribution in [0.2, 0.25) is 0 Å². The Morgan fingerprint density at radius 1 is 1.21 bits per heavy atom. The summed E-state index contributed by atoms with van der Waals surface area (Å²) in [6.45, 7) is 4.24. The van der Waals surface area contributed by atoms with Crippen LogP contribution in [0.3, 0.4) is 0 Å². The number of hydrogen-bond acceptors (Lipinski definition) is 2. The molecule has 0 aliphatic heterocycles. The van der Waals surface area contributed by atoms with E-state index in [0.29, 0.717) is 0 Å². The molecule has 0 saturated heterocycles. The summed E-state index contributed by atoms with van der Waals surface area (Å²) < 4.78 is 5.18. The number of hydrogen-bond donors (Lipinski definition) is 1. The molecule has 0 heterocycles. The van der Waals surface area contributed by atoms with Crippen molar-refractivity contribution in [3.8, 4) is 0 Å². The molecule has 0 aromatic rings. The van der Waals surface area contributed by atoms with Crippen molar-refractivity contribution in [2.45, 2.75) is 51.5 Å². The molecule has 2 atom stereocenters. The number of nitrogens with one attached hydrogen (secondary N) is 1. The van der Waals surface area contributed by atoms with E-state index in [1.165, 1.54) is 38.5 Å². The highest BCUT2D eigenvalue weighted by molar-refractivity contribution is 4.79. The zero-order valence-electron chi connectivity index (χ0n) is 9.72. The molecule has 0 radical (unpaired) electrons. The third kappa shape index (κ3) is 3.97. The fourth-order valence-electron chi connectivity index (χ4n) is 2.53. The summed E-state index contributed by atoms with van der Waals surface area (Å²) in [6.07, 6.45) is 8.22. The molecule has 1 rings (SSSR count). The summed E-state index contributed by atoms with van der Waals surface area (Å²) in [7, 11) is 1.80. The van der Waals surface area contributed by atoms with Gasteiger partial charge in [-0.1, -0.05) is 26.2 Å². The standard InChI is InChI=1S/C12H25NO/c1-3-13-12-8-6-4-5-7-11(12)9-10-14-2/h11-13H,3-10H2,1-2H3. The maximum atomic E-state index is 5.18. The van der Waals surface area contributed by atoms with E-state index >= 15 is 0 Å². The molecular formula is C12H25NO. The van der Waals surface area contributed by atoms with Crippen LogP contribution in [0.15, 0.2) is 0 Å². The third-order valence-electron chi connectivity index (χ3n) is 3.32. The average molecular weight is 199 g/mol. The zero-order chi connectivity index (χ0) is 10.2. The molecule has 0 amide bonds. The predicted octanol–water partition coefficient (Wildman–Crippen LogP) is 2.58. The topological polar surface area (TPSA) is 21.3 Å². The summed E-state index contributed by atoms with van der Waals surface area (Å²) in [5.74, 6) is 0.845. The zero-order valence-corrected chi connectivity index (χ0v) is 9.72. The van der Waals surface area contributed by atoms with Crippen LogP contribution in [0, 0.1) is 5.92 Å². The van der Waals surface area contributed by atoms with E-state index in [1.54, 1.807) is 7.11 Å². The predicted molar refractivity (Wildman–Crippen MR) is 60.5 cm³/mol. The molecule has 1 saturated carbocycles. The van der Waals surface area contributed by atoms with E-state index in [-0.39, 0.29) is 0 Å². The lowest BCUT2D eigenvalue weighted by molar-refractivity contribution is 0.163. The van der Waals surface area contributed by atoms with Crippen LogP contribution in [0.4, 0.5) is 0 Å². The lowest BCUT2D eigenvalue weighted by atomic mass is 9.92. The first-order valence-corrected chi connectivity index (χ1v) is 6.10. The van der Waals surface area contributed by atoms with E-state index in [4.69, 9.17) is 4.74 Å². The number of ether oxygens (including phenoxy) is 1. The molecule has 2 unspecified atom stereocenters. The van der Waals surface area contributed by atoms with Crippen molar-refractivity contribution in [1.82, 2.24) is 5.32 Å². The second-order valence-corrected chi connectivity index (χ2v) is 4.34. The molecule has 14 heavy (non-hydrogen) atoms. The summed E-state index contributed by atoms with van der Waals surface area (Å²) in [5.41, 5.74) is 0. The second kappa shape index (κ2) is 7.24. The lowest BCUT2D eigenvalue weighted by Gasteiger charge is -2.25. The molecule has 1 aliphatic carbocycles. The van der Waals surface area contributed by atoms with Crippen molar-refractivity contribution in [1.29, 1.82) is 0 Å². The van der Waals surface area contributed by atoms with Gasteiger partial charge in [0, 0.05) is 19.8 Å². The summed E-state index contributed by atoms with van der Waals surface area (Å²) >= 11 is 0. The van der Waals surface area contributed by atoms with Crippen LogP contribution in [0.1, 0.15) is 45.4 Å². The average Bonchev–Trinajstić information content (AvgIpc) is 2.41. The first-order valence-electron chi connectivity index (χ1n) is 6.10. The smallest absolute Gasteiger partial charge is 0.0465 e. The number of rotatable bonds is 5. The van der Waals surface area contributed by atoms with Gasteiger partial charge in [-0.05, 0) is 31.7 Å². The Morgan fingerprint density at radius 3 is 2.71 bits per heavy atom. The highest BCUT2D eigenvalue weighted by Gasteiger charge is 2.22. The minimum Gasteiger partial charge on any atom is -0.385 e. The quantitative estimate of drug-likeness (QED) is 0.687. The molecule has 84 valence electrons. The van der Waals surface area contributed by atoms with Gasteiger partial charge in [0.05, 0.1) is 0 Å². The van der Waals surface area contributed by atoms with Gasteiger partial charge in [0.25, 0.3) is 0 Å². The van der Waals surface area contributed by atoms with Crippen LogP contribution in [0.5, 0.6) is 0 Å². The number of methoxy groups -OCH3 is 1. The van der Waals surface area contributed by atoms with Crippen LogP contribution in [0.25, 0.3) is 0 Å². The minimum atomic E-state index is 0.748. The normalized spacial score (nSPS) is 28.7. The molecule has 0 aromatic heterocycles. The van der Waals surface area contributed by atoms with Crippen molar-refractivity contribution >= 4 is 0 Å². The van der Waals surface area contributed by atoms with Gasteiger partial charge in [-0.25, -0.2) is 0 Å². The van der Waals surface area contributed by atoms with Crippen LogP contribution >= 0.6 is 0 Å². The molecule has 0 spiro atoms. The van der Waals surface area contributed by atoms with Gasteiger partial charge in [-0.2, -0.15) is 0 Å². The first-order chi connectivity index (χ1) is 6.88. The van der Waals surface area contributed by atoms with E-state index in [1.807, 2.05) is 0 Å². The molecule has 2 nitrogen and oxygen atoms in total. The SMILES string of the molecule is CCNC1CCCCCC1CCOC. The highest BCUT2D eigenvalue weighted by atomic mass is 16.5. The van der Waals surface area contributed by atoms with Gasteiger partial charge >= 0.3 is 0 Å². The lowest BCUT2D eigenvalue weighted by Crippen LogP contribution is -2.35. The summed E-state index contributed by atoms with van der Waals surface area (Å²) in [4.78, 5) is 0. The van der Waals surface area contributed by atoms with Gasteiger partial charge in [0.2, 0.25) is 0 Å². The summed E-state index contributed by atoms with van der Waals surface area (Å²) in [6, 6.07) is 0.748. The van der Waals surface area contributed by atoms with Gasteiger partial charge < -0.3 is 10.1 Å². The van der Waals surface area contributed by atoms with Gasteiger partial charge in [0.1, 0.15) is 0 Å². The molecule has 1 fully saturated rings. The van der Waals surface area contributed by atoms with Crippen LogP contribution in [-0.4, -0.2) is 26.3 Å². The minimum absolute atomic E-state index is 0.748. The molecular weight excluding hydrogens is 174 g/mol. The van der Waals surface area contributed by atoms with E-state index in [9.17, 15) is 0 Å². The van der Waals surface area contributed by atoms with Crippen LogP contribution in [-0.2, 0) is 4.74 Å². The van der Waals surface area contributed by atoms with E-state index < -0.39 is 0 Å². The van der Waals surface area contributed by atoms with Crippen molar-refractivity contribution in [3.05, 3.63) is 0 Å². The Kier molecular flexibility index (Phi) is 6.20. The van der Waals surface area contributed by atoms with E-state index in [2.05, 4.69) is 12.2 Å².